The van der Waals surface area contributed by atoms with E-state index in [1.165, 1.54) is 16.4 Å². The molecule has 2 aromatic carbocycles. The summed E-state index contributed by atoms with van der Waals surface area (Å²) in [5, 5.41) is 16.8. The first-order valence-electron chi connectivity index (χ1n) is 15.2. The maximum atomic E-state index is 13.5. The summed E-state index contributed by atoms with van der Waals surface area (Å²) < 4.78 is 33.6. The molecule has 0 saturated heterocycles. The second-order valence-corrected chi connectivity index (χ2v) is 13.8. The molecule has 0 aliphatic carbocycles. The second-order valence-electron chi connectivity index (χ2n) is 11.9. The number of carbonyl (C=O) groups excluding carboxylic acids is 2. The molecule has 0 saturated carbocycles. The van der Waals surface area contributed by atoms with Crippen molar-refractivity contribution in [2.75, 3.05) is 32.0 Å². The summed E-state index contributed by atoms with van der Waals surface area (Å²) in [5.41, 5.74) is 8.04. The number of carbonyl (C=O) groups is 2. The van der Waals surface area contributed by atoms with Gasteiger partial charge in [0.25, 0.3) is 0 Å². The summed E-state index contributed by atoms with van der Waals surface area (Å²) in [6.45, 7) is 8.19. The monoisotopic (exact) mass is 629 g/mol. The smallest absolute Gasteiger partial charge is 0.407 e. The number of ether oxygens (including phenoxy) is 1. The molecule has 1 heterocycles. The number of hydrogen-bond donors (Lipinski definition) is 5. The zero-order chi connectivity index (χ0) is 32.3. The van der Waals surface area contributed by atoms with Crippen LogP contribution in [0.4, 0.5) is 10.5 Å². The van der Waals surface area contributed by atoms with Crippen LogP contribution in [0.3, 0.4) is 0 Å². The van der Waals surface area contributed by atoms with Gasteiger partial charge in [-0.05, 0) is 60.6 Å². The zero-order valence-corrected chi connectivity index (χ0v) is 26.9. The number of unbranched alkanes of at least 4 members (excludes halogenated alkanes) is 1. The molecular formula is C32H47N5O6S. The van der Waals surface area contributed by atoms with E-state index in [9.17, 15) is 23.1 Å². The molecule has 0 bridgehead atoms. The first kappa shape index (κ1) is 34.9. The fourth-order valence-corrected chi connectivity index (χ4v) is 6.71. The second kappa shape index (κ2) is 16.5. The van der Waals surface area contributed by atoms with Gasteiger partial charge in [0.15, 0.2) is 0 Å². The van der Waals surface area contributed by atoms with Crippen LogP contribution in [0, 0.1) is 11.8 Å². The van der Waals surface area contributed by atoms with Crippen molar-refractivity contribution in [2.24, 2.45) is 11.8 Å². The molecule has 242 valence electrons. The minimum absolute atomic E-state index is 0.0423. The number of amides is 2. The van der Waals surface area contributed by atoms with E-state index in [0.29, 0.717) is 31.5 Å². The van der Waals surface area contributed by atoms with Crippen molar-refractivity contribution in [3.05, 3.63) is 60.3 Å². The number of H-pyrrole nitrogens is 1. The van der Waals surface area contributed by atoms with Crippen LogP contribution in [0.15, 0.2) is 59.6 Å². The van der Waals surface area contributed by atoms with Gasteiger partial charge < -0.3 is 31.2 Å². The molecule has 0 aliphatic rings. The lowest BCUT2D eigenvalue weighted by Crippen LogP contribution is -2.48. The Morgan fingerprint density at radius 3 is 2.39 bits per heavy atom. The van der Waals surface area contributed by atoms with E-state index in [-0.39, 0.29) is 48.8 Å². The van der Waals surface area contributed by atoms with E-state index in [4.69, 9.17) is 10.5 Å². The average molecular weight is 630 g/mol. The number of rotatable bonds is 17. The number of anilines is 1. The van der Waals surface area contributed by atoms with Gasteiger partial charge in [-0.1, -0.05) is 52.3 Å². The largest absolute Gasteiger partial charge is 0.449 e. The molecule has 6 N–H and O–H groups in total. The summed E-state index contributed by atoms with van der Waals surface area (Å²) in [4.78, 5) is 29.0. The van der Waals surface area contributed by atoms with Crippen LogP contribution in [0.5, 0.6) is 0 Å². The molecule has 0 fully saturated rings. The van der Waals surface area contributed by atoms with E-state index in [2.05, 4.69) is 15.6 Å². The Labute approximate surface area is 260 Å². The van der Waals surface area contributed by atoms with Crippen molar-refractivity contribution in [3.8, 4) is 0 Å². The van der Waals surface area contributed by atoms with Gasteiger partial charge in [-0.25, -0.2) is 13.2 Å². The minimum atomic E-state index is -3.86. The predicted octanol–water partition coefficient (Wildman–Crippen LogP) is 4.04. The molecule has 0 aliphatic heterocycles. The van der Waals surface area contributed by atoms with Crippen molar-refractivity contribution in [3.63, 3.8) is 0 Å². The van der Waals surface area contributed by atoms with Gasteiger partial charge in [-0.3, -0.25) is 4.79 Å². The number of sulfonamides is 1. The molecule has 2 amide bonds. The number of aliphatic hydroxyl groups excluding tert-OH is 1. The summed E-state index contributed by atoms with van der Waals surface area (Å²) in [6, 6.07) is 12.3. The summed E-state index contributed by atoms with van der Waals surface area (Å²) in [7, 11) is -3.86. The first-order valence-corrected chi connectivity index (χ1v) is 16.6. The van der Waals surface area contributed by atoms with Crippen molar-refractivity contribution in [2.45, 2.75) is 70.4 Å². The van der Waals surface area contributed by atoms with Crippen LogP contribution in [0.25, 0.3) is 10.9 Å². The molecule has 1 aromatic heterocycles. The van der Waals surface area contributed by atoms with E-state index < -0.39 is 28.2 Å². The zero-order valence-electron chi connectivity index (χ0n) is 26.1. The van der Waals surface area contributed by atoms with Crippen molar-refractivity contribution in [1.82, 2.24) is 19.9 Å². The normalized spacial score (nSPS) is 13.4. The molecular weight excluding hydrogens is 582 g/mol. The summed E-state index contributed by atoms with van der Waals surface area (Å²) in [5.74, 6) is -0.147. The van der Waals surface area contributed by atoms with Gasteiger partial charge in [0.1, 0.15) is 6.04 Å². The number of aliphatic hydroxyl groups is 1. The summed E-state index contributed by atoms with van der Waals surface area (Å²) >= 11 is 0. The van der Waals surface area contributed by atoms with Gasteiger partial charge in [-0.15, -0.1) is 0 Å². The average Bonchev–Trinajstić information content (AvgIpc) is 3.39. The van der Waals surface area contributed by atoms with Gasteiger partial charge in [0, 0.05) is 48.3 Å². The third kappa shape index (κ3) is 9.96. The fraction of sp³-hybridized carbons (Fsp3) is 0.500. The van der Waals surface area contributed by atoms with E-state index in [1.54, 1.807) is 12.1 Å². The third-order valence-corrected chi connectivity index (χ3v) is 9.10. The Kier molecular flexibility index (Phi) is 13.0. The predicted molar refractivity (Wildman–Crippen MR) is 172 cm³/mol. The number of nitrogen functional groups attached to an aromatic ring is 1. The number of fused-ring (bicyclic) bond motifs is 1. The molecule has 2 atom stereocenters. The number of para-hydroxylation sites is 1. The molecule has 44 heavy (non-hydrogen) atoms. The quantitative estimate of drug-likeness (QED) is 0.111. The minimum Gasteiger partial charge on any atom is -0.449 e. The Bertz CT molecular complexity index is 1460. The van der Waals surface area contributed by atoms with Crippen LogP contribution in [-0.4, -0.2) is 73.2 Å². The molecule has 3 rings (SSSR count). The number of benzene rings is 2. The Hall–Kier alpha value is -3.61. The Morgan fingerprint density at radius 1 is 1.02 bits per heavy atom. The highest BCUT2D eigenvalue weighted by atomic mass is 32.2. The molecule has 0 radical (unpaired) electrons. The molecule has 11 nitrogen and oxygen atoms in total. The SMILES string of the molecule is CC(C)COC(=O)N[C@@H](Cc1c[nH]c2ccccc12)C(=O)NCCCC[C@@H](CO)N(CC(C)C)S(=O)(=O)c1ccc(N)cc1. The highest BCUT2D eigenvalue weighted by Crippen LogP contribution is 2.23. The lowest BCUT2D eigenvalue weighted by Gasteiger charge is -2.31. The van der Waals surface area contributed by atoms with Gasteiger partial charge in [0.05, 0.1) is 18.1 Å². The van der Waals surface area contributed by atoms with Crippen molar-refractivity contribution < 1.29 is 27.9 Å². The number of aromatic nitrogens is 1. The summed E-state index contributed by atoms with van der Waals surface area (Å²) in [6.07, 6.45) is 2.98. The topological polar surface area (TPSA) is 167 Å². The number of alkyl carbamates (subject to hydrolysis) is 1. The fourth-order valence-electron chi connectivity index (χ4n) is 4.90. The maximum Gasteiger partial charge on any atom is 0.407 e. The highest BCUT2D eigenvalue weighted by Gasteiger charge is 2.31. The lowest BCUT2D eigenvalue weighted by atomic mass is 10.0. The van der Waals surface area contributed by atoms with E-state index in [0.717, 1.165) is 16.5 Å². The molecule has 3 aromatic rings. The van der Waals surface area contributed by atoms with E-state index >= 15 is 0 Å². The van der Waals surface area contributed by atoms with Crippen molar-refractivity contribution >= 4 is 38.6 Å². The lowest BCUT2D eigenvalue weighted by molar-refractivity contribution is -0.123. The van der Waals surface area contributed by atoms with Crippen LogP contribution in [-0.2, 0) is 26.0 Å². The molecule has 12 heteroatoms. The number of nitrogens with zero attached hydrogens (tertiary/aromatic N) is 1. The third-order valence-electron chi connectivity index (χ3n) is 7.17. The van der Waals surface area contributed by atoms with Gasteiger partial charge >= 0.3 is 6.09 Å². The van der Waals surface area contributed by atoms with E-state index in [1.807, 2.05) is 58.2 Å². The van der Waals surface area contributed by atoms with Gasteiger partial charge in [-0.2, -0.15) is 4.31 Å². The number of nitrogens with one attached hydrogen (secondary N) is 3. The Morgan fingerprint density at radius 2 is 1.73 bits per heavy atom. The number of hydrogen-bond acceptors (Lipinski definition) is 7. The van der Waals surface area contributed by atoms with Crippen LogP contribution in [0.2, 0.25) is 0 Å². The Balaban J connectivity index is 1.61. The maximum absolute atomic E-state index is 13.5. The highest BCUT2D eigenvalue weighted by molar-refractivity contribution is 7.89. The van der Waals surface area contributed by atoms with Crippen molar-refractivity contribution in [1.29, 1.82) is 0 Å². The number of nitrogens with two attached hydrogens (primary N) is 1. The van der Waals surface area contributed by atoms with Gasteiger partial charge in [0.2, 0.25) is 15.9 Å². The van der Waals surface area contributed by atoms with Crippen LogP contribution >= 0.6 is 0 Å². The molecule has 0 spiro atoms. The first-order chi connectivity index (χ1) is 20.9. The molecule has 0 unspecified atom stereocenters. The standard InChI is InChI=1S/C32H47N5O6S/c1-22(2)19-37(44(41,42)27-14-12-25(33)13-15-27)26(20-38)9-7-8-16-34-31(39)30(36-32(40)43-21-23(3)4)17-24-18-35-29-11-6-5-10-28(24)29/h5-6,10-15,18,22-23,26,30,35,38H,7-9,16-17,19-21,33H2,1-4H3,(H,34,39)(H,36,40)/t26-,30-/m0/s1. The van der Waals surface area contributed by atoms with Crippen LogP contribution in [0.1, 0.15) is 52.5 Å². The van der Waals surface area contributed by atoms with Crippen LogP contribution < -0.4 is 16.4 Å². The number of aromatic amines is 1.